The molecule has 0 saturated carbocycles. The maximum atomic E-state index is 12.5. The van der Waals surface area contributed by atoms with Crippen molar-refractivity contribution in [2.45, 2.75) is 38.3 Å². The van der Waals surface area contributed by atoms with Crippen molar-refractivity contribution in [3.05, 3.63) is 55.4 Å². The summed E-state index contributed by atoms with van der Waals surface area (Å²) in [7, 11) is 1.66. The van der Waals surface area contributed by atoms with Gasteiger partial charge in [0, 0.05) is 32.0 Å². The first-order chi connectivity index (χ1) is 14.6. The number of benzene rings is 1. The lowest BCUT2D eigenvalue weighted by Crippen LogP contribution is -2.20. The number of hydrogen-bond acceptors (Lipinski definition) is 6. The van der Waals surface area contributed by atoms with E-state index in [-0.39, 0.29) is 11.6 Å². The summed E-state index contributed by atoms with van der Waals surface area (Å²) in [6.07, 6.45) is 5.03. The molecule has 0 fully saturated rings. The van der Waals surface area contributed by atoms with Gasteiger partial charge in [-0.3, -0.25) is 14.8 Å². The van der Waals surface area contributed by atoms with Gasteiger partial charge < -0.3 is 14.8 Å². The van der Waals surface area contributed by atoms with E-state index in [0.29, 0.717) is 60.0 Å². The van der Waals surface area contributed by atoms with Crippen LogP contribution < -0.4 is 10.9 Å². The normalized spacial score (nSPS) is 15.6. The summed E-state index contributed by atoms with van der Waals surface area (Å²) in [5, 5.41) is 4.12. The Kier molecular flexibility index (Phi) is 8.69. The number of rotatable bonds is 10. The third-order valence-electron chi connectivity index (χ3n) is 4.88. The molecule has 30 heavy (non-hydrogen) atoms. The van der Waals surface area contributed by atoms with Crippen molar-refractivity contribution in [2.75, 3.05) is 32.2 Å². The Morgan fingerprint density at radius 1 is 1.23 bits per heavy atom. The quantitative estimate of drug-likeness (QED) is 0.534. The Morgan fingerprint density at radius 3 is 2.90 bits per heavy atom. The fourth-order valence-corrected chi connectivity index (χ4v) is 3.55. The van der Waals surface area contributed by atoms with E-state index < -0.39 is 0 Å². The summed E-state index contributed by atoms with van der Waals surface area (Å²) in [6.45, 7) is 2.35. The second-order valence-electron chi connectivity index (χ2n) is 7.10. The van der Waals surface area contributed by atoms with Gasteiger partial charge in [0.05, 0.1) is 35.0 Å². The highest BCUT2D eigenvalue weighted by molar-refractivity contribution is 6.42. The minimum Gasteiger partial charge on any atom is -0.382 e. The molecule has 1 aliphatic rings. The summed E-state index contributed by atoms with van der Waals surface area (Å²) in [5.74, 6) is 0.404. The predicted molar refractivity (Wildman–Crippen MR) is 120 cm³/mol. The number of aromatic nitrogens is 2. The Bertz CT molecular complexity index is 933. The average molecular weight is 453 g/mol. The number of aromatic amines is 1. The van der Waals surface area contributed by atoms with E-state index in [0.717, 1.165) is 24.8 Å². The van der Waals surface area contributed by atoms with Crippen LogP contribution in [0.5, 0.6) is 0 Å². The van der Waals surface area contributed by atoms with Gasteiger partial charge in [-0.25, -0.2) is 4.98 Å². The highest BCUT2D eigenvalue weighted by Crippen LogP contribution is 2.23. The second-order valence-corrected chi connectivity index (χ2v) is 7.91. The first-order valence-corrected chi connectivity index (χ1v) is 10.7. The smallest absolute Gasteiger partial charge is 0.256 e. The molecule has 7 nitrogen and oxygen atoms in total. The van der Waals surface area contributed by atoms with Crippen LogP contribution in [0, 0.1) is 0 Å². The molecule has 1 unspecified atom stereocenters. The third kappa shape index (κ3) is 6.54. The van der Waals surface area contributed by atoms with E-state index in [2.05, 4.69) is 20.3 Å². The van der Waals surface area contributed by atoms with Crippen LogP contribution in [0.25, 0.3) is 0 Å². The van der Waals surface area contributed by atoms with Crippen molar-refractivity contribution in [1.29, 1.82) is 0 Å². The minimum absolute atomic E-state index is 0.133. The molecule has 2 heterocycles. The molecule has 0 spiro atoms. The van der Waals surface area contributed by atoms with Crippen LogP contribution in [-0.2, 0) is 22.4 Å². The zero-order valence-corrected chi connectivity index (χ0v) is 18.4. The fourth-order valence-electron chi connectivity index (χ4n) is 3.23. The number of hydrogen-bond donors (Lipinski definition) is 2. The first kappa shape index (κ1) is 22.7. The van der Waals surface area contributed by atoms with Crippen LogP contribution in [0.3, 0.4) is 0 Å². The lowest BCUT2D eigenvalue weighted by Gasteiger charge is -2.10. The Hall–Kier alpha value is -1.93. The number of halogens is 2. The molecule has 162 valence electrons. The monoisotopic (exact) mass is 452 g/mol. The number of fused-ring (bicyclic) bond motifs is 1. The maximum absolute atomic E-state index is 12.5. The van der Waals surface area contributed by atoms with E-state index in [1.54, 1.807) is 25.5 Å². The second kappa shape index (κ2) is 11.5. The molecule has 3 rings (SSSR count). The number of H-pyrrole nitrogens is 1. The van der Waals surface area contributed by atoms with Crippen LogP contribution in [0.1, 0.15) is 36.1 Å². The van der Waals surface area contributed by atoms with E-state index in [4.69, 9.17) is 32.7 Å². The summed E-state index contributed by atoms with van der Waals surface area (Å²) in [6, 6.07) is 5.55. The van der Waals surface area contributed by atoms with Gasteiger partial charge in [-0.2, -0.15) is 0 Å². The largest absolute Gasteiger partial charge is 0.382 e. The molecule has 0 aliphatic carbocycles. The van der Waals surface area contributed by atoms with Crippen LogP contribution in [0.15, 0.2) is 28.0 Å². The standard InChI is InChI=1S/C21H26Cl2N4O3/c1-29-9-10-30-8-2-3-15-5-6-16-19(13-24-15)26-21(27-20(16)28)25-12-14-4-7-17(22)18(23)11-14/h4,7,11,13,15H,2-3,5-6,8-10,12H2,1H3,(H2,25,26,27,28). The zero-order chi connectivity index (χ0) is 21.3. The first-order valence-electron chi connectivity index (χ1n) is 9.97. The lowest BCUT2D eigenvalue weighted by molar-refractivity contribution is 0.0681. The van der Waals surface area contributed by atoms with Gasteiger partial charge in [-0.15, -0.1) is 0 Å². The number of nitrogens with one attached hydrogen (secondary N) is 2. The van der Waals surface area contributed by atoms with Crippen molar-refractivity contribution >= 4 is 35.4 Å². The number of ether oxygens (including phenoxy) is 2. The summed E-state index contributed by atoms with van der Waals surface area (Å²) in [5.41, 5.74) is 2.10. The third-order valence-corrected chi connectivity index (χ3v) is 5.62. The van der Waals surface area contributed by atoms with Crippen LogP contribution in [0.2, 0.25) is 10.0 Å². The van der Waals surface area contributed by atoms with Crippen molar-refractivity contribution in [1.82, 2.24) is 9.97 Å². The molecule has 9 heteroatoms. The van der Waals surface area contributed by atoms with Gasteiger partial charge in [0.1, 0.15) is 0 Å². The molecule has 1 aromatic carbocycles. The molecule has 2 aromatic rings. The predicted octanol–water partition coefficient (Wildman–Crippen LogP) is 3.87. The Morgan fingerprint density at radius 2 is 2.10 bits per heavy atom. The molecule has 0 amide bonds. The minimum atomic E-state index is -0.133. The van der Waals surface area contributed by atoms with Gasteiger partial charge in [0.15, 0.2) is 0 Å². The number of nitrogens with zero attached hydrogens (tertiary/aromatic N) is 2. The Balaban J connectivity index is 1.58. The highest BCUT2D eigenvalue weighted by atomic mass is 35.5. The SMILES string of the molecule is COCCOCCCC1CCc2c(nc(NCc3ccc(Cl)c(Cl)c3)[nH]c2=O)C=N1. The van der Waals surface area contributed by atoms with E-state index in [1.165, 1.54) is 0 Å². The summed E-state index contributed by atoms with van der Waals surface area (Å²) < 4.78 is 10.5. The number of anilines is 1. The van der Waals surface area contributed by atoms with Gasteiger partial charge in [0.2, 0.25) is 5.95 Å². The highest BCUT2D eigenvalue weighted by Gasteiger charge is 2.17. The summed E-state index contributed by atoms with van der Waals surface area (Å²) in [4.78, 5) is 24.5. The van der Waals surface area contributed by atoms with Gasteiger partial charge in [-0.05, 0) is 43.4 Å². The number of aliphatic imine (C=N–C) groups is 1. The van der Waals surface area contributed by atoms with Crippen molar-refractivity contribution < 1.29 is 9.47 Å². The molecule has 1 atom stereocenters. The molecular weight excluding hydrogens is 427 g/mol. The topological polar surface area (TPSA) is 88.6 Å². The fraction of sp³-hybridized carbons (Fsp3) is 0.476. The van der Waals surface area contributed by atoms with Crippen molar-refractivity contribution in [3.8, 4) is 0 Å². The van der Waals surface area contributed by atoms with E-state index in [9.17, 15) is 4.79 Å². The van der Waals surface area contributed by atoms with E-state index >= 15 is 0 Å². The van der Waals surface area contributed by atoms with Gasteiger partial charge in [0.25, 0.3) is 5.56 Å². The Labute approximate surface area is 185 Å². The number of methoxy groups -OCH3 is 1. The summed E-state index contributed by atoms with van der Waals surface area (Å²) >= 11 is 12.0. The molecule has 1 aliphatic heterocycles. The average Bonchev–Trinajstić information content (AvgIpc) is 2.94. The molecule has 0 radical (unpaired) electrons. The maximum Gasteiger partial charge on any atom is 0.256 e. The zero-order valence-electron chi connectivity index (χ0n) is 16.9. The molecular formula is C21H26Cl2N4O3. The van der Waals surface area contributed by atoms with E-state index in [1.807, 2.05) is 6.07 Å². The van der Waals surface area contributed by atoms with Crippen molar-refractivity contribution in [3.63, 3.8) is 0 Å². The lowest BCUT2D eigenvalue weighted by atomic mass is 10.0. The molecule has 0 saturated heterocycles. The van der Waals surface area contributed by atoms with Crippen LogP contribution in [-0.4, -0.2) is 49.2 Å². The van der Waals surface area contributed by atoms with Crippen molar-refractivity contribution in [2.24, 2.45) is 4.99 Å². The molecule has 2 N–H and O–H groups in total. The van der Waals surface area contributed by atoms with Gasteiger partial charge >= 0.3 is 0 Å². The van der Waals surface area contributed by atoms with Crippen LogP contribution in [0.4, 0.5) is 5.95 Å². The van der Waals surface area contributed by atoms with Gasteiger partial charge in [-0.1, -0.05) is 29.3 Å². The molecule has 1 aromatic heterocycles. The molecule has 0 bridgehead atoms. The van der Waals surface area contributed by atoms with Crippen LogP contribution >= 0.6 is 23.2 Å².